The third kappa shape index (κ3) is 4.56. The van der Waals surface area contributed by atoms with Crippen LogP contribution in [-0.4, -0.2) is 25.0 Å². The molecule has 2 aromatic carbocycles. The molecule has 0 fully saturated rings. The first kappa shape index (κ1) is 17.0. The number of rotatable bonds is 6. The van der Waals surface area contributed by atoms with Gasteiger partial charge in [-0.1, -0.05) is 18.2 Å². The molecule has 5 nitrogen and oxygen atoms in total. The van der Waals surface area contributed by atoms with Gasteiger partial charge in [0.15, 0.2) is 6.61 Å². The summed E-state index contributed by atoms with van der Waals surface area (Å²) in [6.45, 7) is 0.238. The minimum atomic E-state index is -0.269. The molecule has 25 heavy (non-hydrogen) atoms. The van der Waals surface area contributed by atoms with Crippen LogP contribution in [0.15, 0.2) is 42.5 Å². The molecule has 0 spiro atoms. The van der Waals surface area contributed by atoms with E-state index in [1.54, 1.807) is 30.3 Å². The number of fused-ring (bicyclic) bond motifs is 1. The van der Waals surface area contributed by atoms with Crippen LogP contribution in [0.2, 0.25) is 0 Å². The predicted octanol–water partition coefficient (Wildman–Crippen LogP) is 2.45. The maximum absolute atomic E-state index is 13.5. The summed E-state index contributed by atoms with van der Waals surface area (Å²) in [4.78, 5) is 23.2. The minimum absolute atomic E-state index is 0.00963. The van der Waals surface area contributed by atoms with Gasteiger partial charge in [-0.15, -0.1) is 0 Å². The molecule has 1 heterocycles. The number of amides is 2. The van der Waals surface area contributed by atoms with Crippen molar-refractivity contribution in [2.24, 2.45) is 0 Å². The van der Waals surface area contributed by atoms with Crippen LogP contribution in [0.1, 0.15) is 17.5 Å². The largest absolute Gasteiger partial charge is 0.484 e. The molecule has 2 N–H and O–H groups in total. The molecule has 0 saturated heterocycles. The minimum Gasteiger partial charge on any atom is -0.484 e. The Bertz CT molecular complexity index is 792. The smallest absolute Gasteiger partial charge is 0.257 e. The fraction of sp³-hybridized carbons (Fsp3) is 0.263. The Hall–Kier alpha value is -2.89. The molecule has 1 aliphatic rings. The normalized spacial score (nSPS) is 12.9. The van der Waals surface area contributed by atoms with E-state index < -0.39 is 0 Å². The number of hydrogen-bond donors (Lipinski definition) is 2. The predicted molar refractivity (Wildman–Crippen MR) is 92.0 cm³/mol. The van der Waals surface area contributed by atoms with Crippen LogP contribution in [0.3, 0.4) is 0 Å². The number of hydrogen-bond acceptors (Lipinski definition) is 3. The molecule has 6 heteroatoms. The van der Waals surface area contributed by atoms with Crippen LogP contribution >= 0.6 is 0 Å². The highest BCUT2D eigenvalue weighted by molar-refractivity contribution is 5.94. The van der Waals surface area contributed by atoms with Gasteiger partial charge in [0.25, 0.3) is 5.91 Å². The first-order valence-corrected chi connectivity index (χ1v) is 8.17. The van der Waals surface area contributed by atoms with Gasteiger partial charge in [0, 0.05) is 18.7 Å². The van der Waals surface area contributed by atoms with E-state index in [0.717, 1.165) is 11.3 Å². The molecule has 0 unspecified atom stereocenters. The maximum atomic E-state index is 13.5. The summed E-state index contributed by atoms with van der Waals surface area (Å²) in [5, 5.41) is 5.50. The number of benzene rings is 2. The number of aryl methyl sites for hydroxylation is 1. The third-order valence-electron chi connectivity index (χ3n) is 4.02. The second-order valence-corrected chi connectivity index (χ2v) is 5.85. The monoisotopic (exact) mass is 342 g/mol. The average Bonchev–Trinajstić information content (AvgIpc) is 2.61. The molecule has 0 saturated carbocycles. The third-order valence-corrected chi connectivity index (χ3v) is 4.02. The van der Waals surface area contributed by atoms with E-state index in [1.807, 2.05) is 6.07 Å². The van der Waals surface area contributed by atoms with E-state index in [2.05, 4.69) is 10.6 Å². The van der Waals surface area contributed by atoms with Gasteiger partial charge in [0.2, 0.25) is 5.91 Å². The van der Waals surface area contributed by atoms with Gasteiger partial charge in [-0.05, 0) is 48.2 Å². The van der Waals surface area contributed by atoms with E-state index in [0.29, 0.717) is 37.1 Å². The van der Waals surface area contributed by atoms with Crippen molar-refractivity contribution in [3.05, 3.63) is 59.4 Å². The summed E-state index contributed by atoms with van der Waals surface area (Å²) in [6.07, 6.45) is 1.54. The molecule has 2 aromatic rings. The van der Waals surface area contributed by atoms with Crippen LogP contribution in [0, 0.1) is 5.82 Å². The zero-order valence-corrected chi connectivity index (χ0v) is 13.7. The Balaban J connectivity index is 1.45. The Morgan fingerprint density at radius 1 is 1.20 bits per heavy atom. The lowest BCUT2D eigenvalue weighted by atomic mass is 10.0. The molecule has 0 atom stereocenters. The summed E-state index contributed by atoms with van der Waals surface area (Å²) in [7, 11) is 0. The van der Waals surface area contributed by atoms with Crippen molar-refractivity contribution in [3.8, 4) is 5.75 Å². The number of carbonyl (C=O) groups is 2. The first-order valence-electron chi connectivity index (χ1n) is 8.17. The van der Waals surface area contributed by atoms with Crippen molar-refractivity contribution in [2.45, 2.75) is 19.3 Å². The second-order valence-electron chi connectivity index (χ2n) is 5.85. The van der Waals surface area contributed by atoms with E-state index in [9.17, 15) is 14.0 Å². The van der Waals surface area contributed by atoms with Crippen LogP contribution in [0.5, 0.6) is 5.75 Å². The summed E-state index contributed by atoms with van der Waals surface area (Å²) in [6, 6.07) is 11.8. The highest BCUT2D eigenvalue weighted by Gasteiger charge is 2.15. The second kappa shape index (κ2) is 7.79. The Labute approximate surface area is 145 Å². The molecule has 0 bridgehead atoms. The molecular formula is C19H19FN2O3. The van der Waals surface area contributed by atoms with Gasteiger partial charge in [-0.2, -0.15) is 0 Å². The van der Waals surface area contributed by atoms with Crippen molar-refractivity contribution >= 4 is 17.5 Å². The van der Waals surface area contributed by atoms with Crippen LogP contribution in [-0.2, 0) is 22.4 Å². The van der Waals surface area contributed by atoms with E-state index in [1.165, 1.54) is 6.07 Å². The maximum Gasteiger partial charge on any atom is 0.257 e. The molecule has 0 radical (unpaired) electrons. The van der Waals surface area contributed by atoms with Crippen molar-refractivity contribution in [2.75, 3.05) is 18.5 Å². The number of carbonyl (C=O) groups excluding carboxylic acids is 2. The van der Waals surface area contributed by atoms with Crippen LogP contribution in [0.4, 0.5) is 10.1 Å². The summed E-state index contributed by atoms with van der Waals surface area (Å²) in [5.74, 6) is 0.0612. The fourth-order valence-electron chi connectivity index (χ4n) is 2.69. The number of anilines is 1. The van der Waals surface area contributed by atoms with Gasteiger partial charge in [-0.3, -0.25) is 9.59 Å². The van der Waals surface area contributed by atoms with Crippen LogP contribution < -0.4 is 15.4 Å². The zero-order chi connectivity index (χ0) is 17.6. The molecular weight excluding hydrogens is 323 g/mol. The lowest BCUT2D eigenvalue weighted by Crippen LogP contribution is -2.30. The van der Waals surface area contributed by atoms with E-state index in [-0.39, 0.29) is 24.2 Å². The quantitative estimate of drug-likeness (QED) is 0.847. The first-order chi connectivity index (χ1) is 12.1. The molecule has 1 aliphatic heterocycles. The zero-order valence-electron chi connectivity index (χ0n) is 13.7. The highest BCUT2D eigenvalue weighted by Crippen LogP contribution is 2.26. The van der Waals surface area contributed by atoms with Crippen molar-refractivity contribution in [1.29, 1.82) is 0 Å². The summed E-state index contributed by atoms with van der Waals surface area (Å²) in [5.41, 5.74) is 2.36. The van der Waals surface area contributed by atoms with Gasteiger partial charge in [0.1, 0.15) is 11.6 Å². The van der Waals surface area contributed by atoms with Gasteiger partial charge >= 0.3 is 0 Å². The standard InChI is InChI=1S/C19H19FN2O3/c20-16-4-2-1-3-13(16)9-10-21-19(24)12-25-15-6-7-17-14(11-15)5-8-18(23)22-17/h1-4,6-7,11H,5,8-10,12H2,(H,21,24)(H,22,23). The topological polar surface area (TPSA) is 67.4 Å². The average molecular weight is 342 g/mol. The van der Waals surface area contributed by atoms with Crippen molar-refractivity contribution < 1.29 is 18.7 Å². The molecule has 130 valence electrons. The lowest BCUT2D eigenvalue weighted by molar-refractivity contribution is -0.123. The van der Waals surface area contributed by atoms with E-state index >= 15 is 0 Å². The number of ether oxygens (including phenoxy) is 1. The molecule has 0 aliphatic carbocycles. The lowest BCUT2D eigenvalue weighted by Gasteiger charge is -2.17. The Morgan fingerprint density at radius 3 is 2.88 bits per heavy atom. The summed E-state index contributed by atoms with van der Waals surface area (Å²) >= 11 is 0. The number of nitrogens with one attached hydrogen (secondary N) is 2. The Morgan fingerprint density at radius 2 is 2.04 bits per heavy atom. The van der Waals surface area contributed by atoms with Crippen LogP contribution in [0.25, 0.3) is 0 Å². The van der Waals surface area contributed by atoms with Gasteiger partial charge in [0.05, 0.1) is 0 Å². The highest BCUT2D eigenvalue weighted by atomic mass is 19.1. The van der Waals surface area contributed by atoms with Gasteiger partial charge in [-0.25, -0.2) is 4.39 Å². The summed E-state index contributed by atoms with van der Waals surface area (Å²) < 4.78 is 19.0. The van der Waals surface area contributed by atoms with Crippen molar-refractivity contribution in [1.82, 2.24) is 5.32 Å². The Kier molecular flexibility index (Phi) is 5.28. The molecule has 2 amide bonds. The van der Waals surface area contributed by atoms with E-state index in [4.69, 9.17) is 4.74 Å². The fourth-order valence-corrected chi connectivity index (χ4v) is 2.69. The molecule has 3 rings (SSSR count). The van der Waals surface area contributed by atoms with Crippen molar-refractivity contribution in [3.63, 3.8) is 0 Å². The SMILES string of the molecule is O=C(COc1ccc2c(c1)CCC(=O)N2)NCCc1ccccc1F. The number of halogens is 1. The molecule has 0 aromatic heterocycles. The van der Waals surface area contributed by atoms with Gasteiger partial charge < -0.3 is 15.4 Å².